The maximum absolute atomic E-state index is 10.5. The molecule has 0 aromatic heterocycles. The van der Waals surface area contributed by atoms with Crippen molar-refractivity contribution in [2.45, 2.75) is 25.0 Å². The van der Waals surface area contributed by atoms with Crippen LogP contribution in [0, 0.1) is 5.92 Å². The first-order chi connectivity index (χ1) is 11.6. The third kappa shape index (κ3) is 4.35. The average Bonchev–Trinajstić information content (AvgIpc) is 2.58. The van der Waals surface area contributed by atoms with Gasteiger partial charge in [0.25, 0.3) is 0 Å². The summed E-state index contributed by atoms with van der Waals surface area (Å²) in [6, 6.07) is 17.0. The van der Waals surface area contributed by atoms with Crippen LogP contribution in [-0.4, -0.2) is 46.0 Å². The van der Waals surface area contributed by atoms with Gasteiger partial charge in [-0.25, -0.2) is 0 Å². The first kappa shape index (κ1) is 17.0. The van der Waals surface area contributed by atoms with Crippen molar-refractivity contribution >= 4 is 0 Å². The third-order valence-corrected chi connectivity index (χ3v) is 4.83. The summed E-state index contributed by atoms with van der Waals surface area (Å²) in [7, 11) is 0. The molecule has 0 aliphatic carbocycles. The Bertz CT molecular complexity index is 646. The lowest BCUT2D eigenvalue weighted by molar-refractivity contribution is 0.00289. The molecule has 2 aromatic carbocycles. The number of aliphatic hydroxyl groups is 2. The van der Waals surface area contributed by atoms with Crippen LogP contribution in [0.5, 0.6) is 5.75 Å². The van der Waals surface area contributed by atoms with E-state index in [2.05, 4.69) is 17.0 Å². The van der Waals surface area contributed by atoms with E-state index in [1.165, 1.54) is 5.56 Å². The molecular formula is C20H25NO3. The van der Waals surface area contributed by atoms with Crippen molar-refractivity contribution in [3.05, 3.63) is 65.7 Å². The van der Waals surface area contributed by atoms with Crippen LogP contribution >= 0.6 is 0 Å². The molecule has 0 radical (unpaired) electrons. The second kappa shape index (κ2) is 7.79. The summed E-state index contributed by atoms with van der Waals surface area (Å²) in [6.07, 6.45) is 0.777. The maximum atomic E-state index is 10.5. The number of aliphatic hydroxyl groups excluding tert-OH is 2. The molecule has 1 heterocycles. The summed E-state index contributed by atoms with van der Waals surface area (Å²) in [6.45, 7) is 1.91. The molecule has 128 valence electrons. The molecule has 4 nitrogen and oxygen atoms in total. The lowest BCUT2D eigenvalue weighted by atomic mass is 9.87. The number of hydrogen-bond acceptors (Lipinski definition) is 4. The highest BCUT2D eigenvalue weighted by molar-refractivity contribution is 5.28. The van der Waals surface area contributed by atoms with E-state index in [1.54, 1.807) is 18.2 Å². The molecule has 0 bridgehead atoms. The summed E-state index contributed by atoms with van der Waals surface area (Å²) in [4.78, 5) is 2.10. The summed E-state index contributed by atoms with van der Waals surface area (Å²) in [5, 5.41) is 30.3. The van der Waals surface area contributed by atoms with E-state index in [0.717, 1.165) is 19.4 Å². The first-order valence-electron chi connectivity index (χ1n) is 8.53. The summed E-state index contributed by atoms with van der Waals surface area (Å²) in [5.41, 5.74) is 1.96. The van der Waals surface area contributed by atoms with Crippen molar-refractivity contribution < 1.29 is 15.3 Å². The molecule has 1 saturated heterocycles. The molecule has 3 unspecified atom stereocenters. The predicted molar refractivity (Wildman–Crippen MR) is 93.8 cm³/mol. The van der Waals surface area contributed by atoms with Crippen LogP contribution in [0.1, 0.15) is 23.7 Å². The van der Waals surface area contributed by atoms with Crippen LogP contribution in [0.25, 0.3) is 0 Å². The molecule has 2 aromatic rings. The molecule has 3 atom stereocenters. The van der Waals surface area contributed by atoms with E-state index in [-0.39, 0.29) is 17.8 Å². The number of piperidine rings is 1. The fourth-order valence-corrected chi connectivity index (χ4v) is 3.45. The highest BCUT2D eigenvalue weighted by Crippen LogP contribution is 2.25. The van der Waals surface area contributed by atoms with E-state index in [9.17, 15) is 15.3 Å². The van der Waals surface area contributed by atoms with E-state index in [0.29, 0.717) is 18.7 Å². The number of phenolic OH excluding ortho intramolecular Hbond substituents is 1. The zero-order valence-corrected chi connectivity index (χ0v) is 13.8. The van der Waals surface area contributed by atoms with Gasteiger partial charge in [0.2, 0.25) is 0 Å². The smallest absolute Gasteiger partial charge is 0.115 e. The molecule has 0 spiro atoms. The van der Waals surface area contributed by atoms with Crippen LogP contribution in [0.4, 0.5) is 0 Å². The van der Waals surface area contributed by atoms with Gasteiger partial charge in [0, 0.05) is 13.1 Å². The van der Waals surface area contributed by atoms with E-state index >= 15 is 0 Å². The van der Waals surface area contributed by atoms with Gasteiger partial charge in [-0.2, -0.15) is 0 Å². The lowest BCUT2D eigenvalue weighted by Crippen LogP contribution is -2.45. The summed E-state index contributed by atoms with van der Waals surface area (Å²) in [5.74, 6) is 0.426. The van der Waals surface area contributed by atoms with Crippen LogP contribution in [0.2, 0.25) is 0 Å². The number of β-amino-alcohol motifs (C(OH)–C–C–N with tert-alkyl or cyclic N) is 2. The highest BCUT2D eigenvalue weighted by atomic mass is 16.3. The Kier molecular flexibility index (Phi) is 5.51. The van der Waals surface area contributed by atoms with Gasteiger partial charge in [0.15, 0.2) is 0 Å². The minimum atomic E-state index is -0.657. The summed E-state index contributed by atoms with van der Waals surface area (Å²) < 4.78 is 0. The Morgan fingerprint density at radius 1 is 1.08 bits per heavy atom. The number of benzene rings is 2. The highest BCUT2D eigenvalue weighted by Gasteiger charge is 2.28. The second-order valence-corrected chi connectivity index (χ2v) is 6.68. The first-order valence-corrected chi connectivity index (χ1v) is 8.53. The fraction of sp³-hybridized carbons (Fsp3) is 0.400. The lowest BCUT2D eigenvalue weighted by Gasteiger charge is -2.37. The monoisotopic (exact) mass is 327 g/mol. The number of likely N-dealkylation sites (tertiary alicyclic amines) is 1. The molecule has 24 heavy (non-hydrogen) atoms. The quantitative estimate of drug-likeness (QED) is 0.789. The topological polar surface area (TPSA) is 63.9 Å². The van der Waals surface area contributed by atoms with Crippen molar-refractivity contribution in [2.75, 3.05) is 19.6 Å². The van der Waals surface area contributed by atoms with Gasteiger partial charge in [-0.3, -0.25) is 4.90 Å². The normalized spacial score (nSPS) is 23.1. The Labute approximate surface area is 143 Å². The van der Waals surface area contributed by atoms with Crippen LogP contribution < -0.4 is 0 Å². The Morgan fingerprint density at radius 2 is 1.88 bits per heavy atom. The van der Waals surface area contributed by atoms with Crippen LogP contribution in [0.3, 0.4) is 0 Å². The molecule has 0 amide bonds. The molecule has 3 rings (SSSR count). The molecule has 1 aliphatic rings. The molecule has 0 saturated carbocycles. The van der Waals surface area contributed by atoms with Crippen LogP contribution in [-0.2, 0) is 6.42 Å². The number of phenols is 1. The Morgan fingerprint density at radius 3 is 2.58 bits per heavy atom. The van der Waals surface area contributed by atoms with Gasteiger partial charge in [-0.05, 0) is 48.6 Å². The van der Waals surface area contributed by atoms with Gasteiger partial charge in [-0.1, -0.05) is 42.5 Å². The summed E-state index contributed by atoms with van der Waals surface area (Å²) >= 11 is 0. The number of aromatic hydroxyl groups is 1. The van der Waals surface area contributed by atoms with E-state index < -0.39 is 6.10 Å². The van der Waals surface area contributed by atoms with Gasteiger partial charge in [-0.15, -0.1) is 0 Å². The van der Waals surface area contributed by atoms with Crippen molar-refractivity contribution in [3.63, 3.8) is 0 Å². The molecule has 1 aliphatic heterocycles. The molecule has 3 N–H and O–H groups in total. The zero-order chi connectivity index (χ0) is 16.9. The van der Waals surface area contributed by atoms with Crippen molar-refractivity contribution in [1.29, 1.82) is 0 Å². The zero-order valence-electron chi connectivity index (χ0n) is 13.8. The van der Waals surface area contributed by atoms with Crippen LogP contribution in [0.15, 0.2) is 54.6 Å². The molecule has 4 heteroatoms. The predicted octanol–water partition coefficient (Wildman–Crippen LogP) is 2.35. The largest absolute Gasteiger partial charge is 0.508 e. The Balaban J connectivity index is 1.53. The second-order valence-electron chi connectivity index (χ2n) is 6.68. The third-order valence-electron chi connectivity index (χ3n) is 4.83. The maximum Gasteiger partial charge on any atom is 0.115 e. The van der Waals surface area contributed by atoms with E-state index in [4.69, 9.17) is 0 Å². The van der Waals surface area contributed by atoms with Gasteiger partial charge < -0.3 is 15.3 Å². The standard InChI is InChI=1S/C20H25NO3/c22-18-8-4-7-16(12-18)19(23)13-21-10-9-17(20(24)14-21)11-15-5-2-1-3-6-15/h1-8,12,17,19-20,22-24H,9-11,13-14H2. The SMILES string of the molecule is Oc1cccc(C(O)CN2CCC(Cc3ccccc3)C(O)C2)c1. The Hall–Kier alpha value is -1.88. The number of nitrogens with zero attached hydrogens (tertiary/aromatic N) is 1. The van der Waals surface area contributed by atoms with Crippen molar-refractivity contribution in [3.8, 4) is 5.75 Å². The number of hydrogen-bond donors (Lipinski definition) is 3. The van der Waals surface area contributed by atoms with Gasteiger partial charge in [0.1, 0.15) is 5.75 Å². The minimum absolute atomic E-state index is 0.160. The van der Waals surface area contributed by atoms with Gasteiger partial charge >= 0.3 is 0 Å². The minimum Gasteiger partial charge on any atom is -0.508 e. The number of rotatable bonds is 5. The van der Waals surface area contributed by atoms with Crippen molar-refractivity contribution in [1.82, 2.24) is 4.90 Å². The fourth-order valence-electron chi connectivity index (χ4n) is 3.45. The molecule has 1 fully saturated rings. The van der Waals surface area contributed by atoms with E-state index in [1.807, 2.05) is 24.3 Å². The average molecular weight is 327 g/mol. The van der Waals surface area contributed by atoms with Crippen molar-refractivity contribution in [2.24, 2.45) is 5.92 Å². The van der Waals surface area contributed by atoms with Gasteiger partial charge in [0.05, 0.1) is 12.2 Å². The molecular weight excluding hydrogens is 302 g/mol.